The Morgan fingerprint density at radius 2 is 2.00 bits per heavy atom. The van der Waals surface area contributed by atoms with Gasteiger partial charge in [-0.1, -0.05) is 6.07 Å². The van der Waals surface area contributed by atoms with Gasteiger partial charge in [0.25, 0.3) is 0 Å². The quantitative estimate of drug-likeness (QED) is 0.902. The lowest BCUT2D eigenvalue weighted by atomic mass is 10.1. The molecule has 0 bridgehead atoms. The number of hydrogen-bond acceptors (Lipinski definition) is 4. The van der Waals surface area contributed by atoms with Crippen LogP contribution < -0.4 is 4.90 Å². The van der Waals surface area contributed by atoms with Crippen molar-refractivity contribution in [3.05, 3.63) is 29.6 Å². The smallest absolute Gasteiger partial charge is 0.410 e. The van der Waals surface area contributed by atoms with Gasteiger partial charge in [-0.2, -0.15) is 0 Å². The Morgan fingerprint density at radius 3 is 2.71 bits per heavy atom. The minimum Gasteiger partial charge on any atom is -0.444 e. The van der Waals surface area contributed by atoms with Crippen LogP contribution in [0.3, 0.4) is 0 Å². The zero-order chi connectivity index (χ0) is 17.1. The second-order valence-electron chi connectivity index (χ2n) is 6.77. The fraction of sp³-hybridized carbons (Fsp3) is 0.611. The summed E-state index contributed by atoms with van der Waals surface area (Å²) in [4.78, 5) is 15.9. The lowest BCUT2D eigenvalue weighted by Crippen LogP contribution is -2.45. The SMILES string of the molecule is Cc1ccc(N2CCCC(OC(=O)N3CCC(O)CC3)C2)c(F)c1. The predicted molar refractivity (Wildman–Crippen MR) is 89.7 cm³/mol. The summed E-state index contributed by atoms with van der Waals surface area (Å²) in [6, 6.07) is 5.22. The molecule has 0 spiro atoms. The number of likely N-dealkylation sites (tertiary alicyclic amines) is 1. The van der Waals surface area contributed by atoms with Crippen molar-refractivity contribution in [1.82, 2.24) is 4.90 Å². The first-order valence-electron chi connectivity index (χ1n) is 8.67. The molecule has 2 fully saturated rings. The third kappa shape index (κ3) is 3.98. The number of carbonyl (C=O) groups excluding carboxylic acids is 1. The molecule has 132 valence electrons. The van der Waals surface area contributed by atoms with Crippen LogP contribution in [0.4, 0.5) is 14.9 Å². The average molecular weight is 336 g/mol. The summed E-state index contributed by atoms with van der Waals surface area (Å²) in [7, 11) is 0. The van der Waals surface area contributed by atoms with Crippen molar-refractivity contribution in [1.29, 1.82) is 0 Å². The zero-order valence-electron chi connectivity index (χ0n) is 14.1. The topological polar surface area (TPSA) is 53.0 Å². The molecule has 1 atom stereocenters. The van der Waals surface area contributed by atoms with Crippen LogP contribution in [0.25, 0.3) is 0 Å². The molecule has 1 unspecified atom stereocenters. The number of anilines is 1. The largest absolute Gasteiger partial charge is 0.444 e. The van der Waals surface area contributed by atoms with E-state index in [9.17, 15) is 14.3 Å². The van der Waals surface area contributed by atoms with Gasteiger partial charge in [0.1, 0.15) is 11.9 Å². The van der Waals surface area contributed by atoms with Gasteiger partial charge < -0.3 is 19.6 Å². The van der Waals surface area contributed by atoms with Crippen molar-refractivity contribution in [3.8, 4) is 0 Å². The molecule has 2 heterocycles. The van der Waals surface area contributed by atoms with Gasteiger partial charge in [0.05, 0.1) is 18.3 Å². The first kappa shape index (κ1) is 17.0. The van der Waals surface area contributed by atoms with Gasteiger partial charge in [0.15, 0.2) is 0 Å². The molecule has 1 aromatic rings. The number of ether oxygens (including phenoxy) is 1. The van der Waals surface area contributed by atoms with E-state index in [-0.39, 0.29) is 24.1 Å². The number of hydrogen-bond donors (Lipinski definition) is 1. The molecule has 1 amide bonds. The second-order valence-corrected chi connectivity index (χ2v) is 6.77. The van der Waals surface area contributed by atoms with Crippen LogP contribution in [-0.2, 0) is 4.74 Å². The van der Waals surface area contributed by atoms with Crippen LogP contribution in [0.2, 0.25) is 0 Å². The molecule has 0 radical (unpaired) electrons. The molecule has 24 heavy (non-hydrogen) atoms. The van der Waals surface area contributed by atoms with Crippen LogP contribution in [0, 0.1) is 12.7 Å². The van der Waals surface area contributed by atoms with Crippen LogP contribution >= 0.6 is 0 Å². The normalized spacial score (nSPS) is 22.5. The molecule has 2 aliphatic heterocycles. The number of halogens is 1. The fourth-order valence-electron chi connectivity index (χ4n) is 3.39. The number of amides is 1. The molecule has 1 N–H and O–H groups in total. The van der Waals surface area contributed by atoms with Gasteiger partial charge in [-0.05, 0) is 50.3 Å². The number of aryl methyl sites for hydroxylation is 1. The van der Waals surface area contributed by atoms with Gasteiger partial charge in [0, 0.05) is 19.6 Å². The van der Waals surface area contributed by atoms with Gasteiger partial charge in [-0.15, -0.1) is 0 Å². The van der Waals surface area contributed by atoms with Crippen LogP contribution in [-0.4, -0.2) is 54.5 Å². The third-order valence-electron chi connectivity index (χ3n) is 4.81. The molecule has 0 aliphatic carbocycles. The molecule has 6 heteroatoms. The Morgan fingerprint density at radius 1 is 1.25 bits per heavy atom. The number of rotatable bonds is 2. The van der Waals surface area contributed by atoms with E-state index in [1.54, 1.807) is 11.0 Å². The van der Waals surface area contributed by atoms with E-state index in [1.165, 1.54) is 6.07 Å². The van der Waals surface area contributed by atoms with E-state index >= 15 is 0 Å². The molecule has 5 nitrogen and oxygen atoms in total. The fourth-order valence-corrected chi connectivity index (χ4v) is 3.39. The van der Waals surface area contributed by atoms with E-state index < -0.39 is 0 Å². The molecule has 1 aromatic carbocycles. The number of aliphatic hydroxyl groups excluding tert-OH is 1. The Bertz CT molecular complexity index is 588. The Labute approximate surface area is 142 Å². The minimum atomic E-state index is -0.321. The molecule has 2 saturated heterocycles. The first-order valence-corrected chi connectivity index (χ1v) is 8.67. The summed E-state index contributed by atoms with van der Waals surface area (Å²) < 4.78 is 19.8. The summed E-state index contributed by atoms with van der Waals surface area (Å²) in [5.41, 5.74) is 1.46. The maximum Gasteiger partial charge on any atom is 0.410 e. The van der Waals surface area contributed by atoms with Crippen molar-refractivity contribution in [3.63, 3.8) is 0 Å². The molecular formula is C18H25FN2O3. The summed E-state index contributed by atoms with van der Waals surface area (Å²) >= 11 is 0. The highest BCUT2D eigenvalue weighted by Crippen LogP contribution is 2.25. The second kappa shape index (κ2) is 7.38. The molecular weight excluding hydrogens is 311 g/mol. The Hall–Kier alpha value is -1.82. The number of benzene rings is 1. The van der Waals surface area contributed by atoms with E-state index in [0.29, 0.717) is 38.2 Å². The summed E-state index contributed by atoms with van der Waals surface area (Å²) in [5.74, 6) is -0.230. The van der Waals surface area contributed by atoms with Gasteiger partial charge in [0.2, 0.25) is 0 Å². The number of nitrogens with zero attached hydrogens (tertiary/aromatic N) is 2. The van der Waals surface area contributed by atoms with E-state index in [1.807, 2.05) is 17.9 Å². The van der Waals surface area contributed by atoms with Crippen molar-refractivity contribution in [2.24, 2.45) is 0 Å². The van der Waals surface area contributed by atoms with Crippen LogP contribution in [0.1, 0.15) is 31.2 Å². The van der Waals surface area contributed by atoms with Crippen molar-refractivity contribution in [2.45, 2.75) is 44.8 Å². The minimum absolute atomic E-state index is 0.223. The van der Waals surface area contributed by atoms with Gasteiger partial charge in [-0.25, -0.2) is 9.18 Å². The molecule has 3 rings (SSSR count). The Kier molecular flexibility index (Phi) is 5.23. The highest BCUT2D eigenvalue weighted by molar-refractivity contribution is 5.68. The van der Waals surface area contributed by atoms with E-state index in [0.717, 1.165) is 24.9 Å². The van der Waals surface area contributed by atoms with Crippen LogP contribution in [0.5, 0.6) is 0 Å². The van der Waals surface area contributed by atoms with Gasteiger partial charge in [-0.3, -0.25) is 0 Å². The molecule has 0 saturated carbocycles. The van der Waals surface area contributed by atoms with E-state index in [4.69, 9.17) is 4.74 Å². The maximum atomic E-state index is 14.2. The van der Waals surface area contributed by atoms with Gasteiger partial charge >= 0.3 is 6.09 Å². The summed E-state index contributed by atoms with van der Waals surface area (Å²) in [6.07, 6.45) is 2.00. The average Bonchev–Trinajstić information content (AvgIpc) is 2.55. The molecule has 0 aromatic heterocycles. The van der Waals surface area contributed by atoms with E-state index in [2.05, 4.69) is 0 Å². The van der Waals surface area contributed by atoms with Crippen molar-refractivity contribution < 1.29 is 19.0 Å². The number of carbonyl (C=O) groups is 1. The molecule has 2 aliphatic rings. The highest BCUT2D eigenvalue weighted by atomic mass is 19.1. The maximum absolute atomic E-state index is 14.2. The first-order chi connectivity index (χ1) is 11.5. The lowest BCUT2D eigenvalue weighted by molar-refractivity contribution is 0.0332. The standard InChI is InChI=1S/C18H25FN2O3/c1-13-4-5-17(16(19)11-13)21-8-2-3-15(12-21)24-18(23)20-9-6-14(22)7-10-20/h4-5,11,14-15,22H,2-3,6-10,12H2,1H3. The number of piperidine rings is 2. The zero-order valence-corrected chi connectivity index (χ0v) is 14.1. The Balaban J connectivity index is 1.58. The van der Waals surface area contributed by atoms with Crippen LogP contribution in [0.15, 0.2) is 18.2 Å². The number of aliphatic hydroxyl groups is 1. The monoisotopic (exact) mass is 336 g/mol. The predicted octanol–water partition coefficient (Wildman–Crippen LogP) is 2.70. The summed E-state index contributed by atoms with van der Waals surface area (Å²) in [6.45, 7) is 4.21. The highest BCUT2D eigenvalue weighted by Gasteiger charge is 2.28. The van der Waals surface area contributed by atoms with Crippen molar-refractivity contribution >= 4 is 11.8 Å². The van der Waals surface area contributed by atoms with Crippen molar-refractivity contribution in [2.75, 3.05) is 31.1 Å². The third-order valence-corrected chi connectivity index (χ3v) is 4.81. The lowest BCUT2D eigenvalue weighted by Gasteiger charge is -2.36. The summed E-state index contributed by atoms with van der Waals surface area (Å²) in [5, 5.41) is 9.52.